The lowest BCUT2D eigenvalue weighted by atomic mass is 9.88. The molecule has 1 aromatic rings. The average Bonchev–Trinajstić information content (AvgIpc) is 3.16. The molecule has 2 atom stereocenters. The number of hydrogen-bond acceptors (Lipinski definition) is 3. The Labute approximate surface area is 172 Å². The summed E-state index contributed by atoms with van der Waals surface area (Å²) in [5.41, 5.74) is 0. The Bertz CT molecular complexity index is 608. The van der Waals surface area contributed by atoms with Crippen LogP contribution in [0.15, 0.2) is 18.2 Å². The fourth-order valence-electron chi connectivity index (χ4n) is 4.04. The minimum Gasteiger partial charge on any atom is -0.484 e. The van der Waals surface area contributed by atoms with E-state index in [1.165, 1.54) is 45.2 Å². The van der Waals surface area contributed by atoms with Crippen LogP contribution in [0.1, 0.15) is 38.5 Å². The highest BCUT2D eigenvalue weighted by atomic mass is 35.5. The average molecular weight is 422 g/mol. The second-order valence-corrected chi connectivity index (χ2v) is 7.85. The van der Waals surface area contributed by atoms with Gasteiger partial charge in [-0.2, -0.15) is 0 Å². The number of halogens is 3. The van der Waals surface area contributed by atoms with E-state index in [1.807, 2.05) is 11.9 Å². The normalized spacial score (nSPS) is 23.3. The molecule has 1 aromatic carbocycles. The van der Waals surface area contributed by atoms with E-state index in [0.29, 0.717) is 21.8 Å². The van der Waals surface area contributed by atoms with E-state index in [-0.39, 0.29) is 31.0 Å². The molecule has 0 N–H and O–H groups in total. The SMILES string of the molecule is CN(C(=O)COc1ccc(Cl)c(Cl)c1)[C@@H]1CCCC[C@H]1N1CCCC1.Cl. The summed E-state index contributed by atoms with van der Waals surface area (Å²) in [4.78, 5) is 17.1. The van der Waals surface area contributed by atoms with Crippen molar-refractivity contribution in [1.29, 1.82) is 0 Å². The Kier molecular flexibility index (Phi) is 8.34. The Morgan fingerprint density at radius 1 is 1.15 bits per heavy atom. The molecule has 1 amide bonds. The molecule has 2 fully saturated rings. The van der Waals surface area contributed by atoms with Gasteiger partial charge in [0.25, 0.3) is 5.91 Å². The third-order valence-electron chi connectivity index (χ3n) is 5.45. The van der Waals surface area contributed by atoms with Gasteiger partial charge in [-0.25, -0.2) is 0 Å². The van der Waals surface area contributed by atoms with Crippen LogP contribution in [0.3, 0.4) is 0 Å². The standard InChI is InChI=1S/C19H26Cl2N2O2.ClH/c1-22(17-6-2-3-7-18(17)23-10-4-5-11-23)19(24)13-25-14-8-9-15(20)16(21)12-14;/h8-9,12,17-18H,2-7,10-11,13H2,1H3;1H/t17-,18-;/m1./s1. The second-order valence-electron chi connectivity index (χ2n) is 7.03. The monoisotopic (exact) mass is 420 g/mol. The Morgan fingerprint density at radius 3 is 2.54 bits per heavy atom. The van der Waals surface area contributed by atoms with Gasteiger partial charge in [0, 0.05) is 25.2 Å². The van der Waals surface area contributed by atoms with Crippen molar-refractivity contribution in [2.75, 3.05) is 26.7 Å². The molecule has 1 heterocycles. The molecule has 146 valence electrons. The molecule has 7 heteroatoms. The smallest absolute Gasteiger partial charge is 0.260 e. The summed E-state index contributed by atoms with van der Waals surface area (Å²) in [7, 11) is 1.92. The van der Waals surface area contributed by atoms with E-state index in [4.69, 9.17) is 27.9 Å². The van der Waals surface area contributed by atoms with Crippen molar-refractivity contribution in [1.82, 2.24) is 9.80 Å². The fraction of sp³-hybridized carbons (Fsp3) is 0.632. The molecule has 1 saturated heterocycles. The van der Waals surface area contributed by atoms with Crippen molar-refractivity contribution in [2.24, 2.45) is 0 Å². The summed E-state index contributed by atoms with van der Waals surface area (Å²) in [6.45, 7) is 2.36. The lowest BCUT2D eigenvalue weighted by Crippen LogP contribution is -2.53. The predicted octanol–water partition coefficient (Wildman–Crippen LogP) is 4.66. The van der Waals surface area contributed by atoms with Crippen LogP contribution in [-0.2, 0) is 4.79 Å². The molecule has 1 aliphatic heterocycles. The van der Waals surface area contributed by atoms with Crippen molar-refractivity contribution < 1.29 is 9.53 Å². The highest BCUT2D eigenvalue weighted by molar-refractivity contribution is 6.42. The number of amides is 1. The Balaban J connectivity index is 0.00000243. The molecule has 1 saturated carbocycles. The highest BCUT2D eigenvalue weighted by Gasteiger charge is 2.35. The quantitative estimate of drug-likeness (QED) is 0.693. The van der Waals surface area contributed by atoms with Gasteiger partial charge in [0.05, 0.1) is 10.0 Å². The molecule has 0 aromatic heterocycles. The van der Waals surface area contributed by atoms with Crippen LogP contribution in [0.4, 0.5) is 0 Å². The van der Waals surface area contributed by atoms with E-state index < -0.39 is 0 Å². The topological polar surface area (TPSA) is 32.8 Å². The third-order valence-corrected chi connectivity index (χ3v) is 6.19. The summed E-state index contributed by atoms with van der Waals surface area (Å²) in [6.07, 6.45) is 7.29. The molecule has 0 unspecified atom stereocenters. The number of nitrogens with zero attached hydrogens (tertiary/aromatic N) is 2. The first-order chi connectivity index (χ1) is 12.1. The molecule has 0 bridgehead atoms. The van der Waals surface area contributed by atoms with E-state index in [0.717, 1.165) is 6.42 Å². The molecule has 3 rings (SSSR count). The van der Waals surface area contributed by atoms with E-state index in [2.05, 4.69) is 4.90 Å². The Hall–Kier alpha value is -0.680. The van der Waals surface area contributed by atoms with Crippen molar-refractivity contribution in [3.8, 4) is 5.75 Å². The van der Waals surface area contributed by atoms with Crippen LogP contribution >= 0.6 is 35.6 Å². The third kappa shape index (κ3) is 5.19. The summed E-state index contributed by atoms with van der Waals surface area (Å²) in [5.74, 6) is 0.582. The first-order valence-corrected chi connectivity index (χ1v) is 9.89. The maximum Gasteiger partial charge on any atom is 0.260 e. The maximum atomic E-state index is 12.7. The number of likely N-dealkylation sites (tertiary alicyclic amines) is 1. The molecule has 4 nitrogen and oxygen atoms in total. The van der Waals surface area contributed by atoms with Crippen LogP contribution in [0.5, 0.6) is 5.75 Å². The van der Waals surface area contributed by atoms with Gasteiger partial charge >= 0.3 is 0 Å². The zero-order valence-corrected chi connectivity index (χ0v) is 17.5. The molecule has 26 heavy (non-hydrogen) atoms. The number of likely N-dealkylation sites (N-methyl/N-ethyl adjacent to an activating group) is 1. The summed E-state index contributed by atoms with van der Waals surface area (Å²) < 4.78 is 5.63. The van der Waals surface area contributed by atoms with Gasteiger partial charge in [-0.15, -0.1) is 12.4 Å². The van der Waals surface area contributed by atoms with Gasteiger partial charge < -0.3 is 9.64 Å². The van der Waals surface area contributed by atoms with Gasteiger partial charge in [-0.3, -0.25) is 9.69 Å². The van der Waals surface area contributed by atoms with Crippen molar-refractivity contribution in [2.45, 2.75) is 50.6 Å². The van der Waals surface area contributed by atoms with E-state index in [9.17, 15) is 4.79 Å². The molecule has 0 radical (unpaired) electrons. The summed E-state index contributed by atoms with van der Waals surface area (Å²) >= 11 is 11.9. The molecule has 2 aliphatic rings. The molecular formula is C19H27Cl3N2O2. The van der Waals surface area contributed by atoms with E-state index in [1.54, 1.807) is 18.2 Å². The first-order valence-electron chi connectivity index (χ1n) is 9.14. The molecule has 1 aliphatic carbocycles. The van der Waals surface area contributed by atoms with Crippen molar-refractivity contribution >= 4 is 41.5 Å². The molecule has 0 spiro atoms. The van der Waals surface area contributed by atoms with Gasteiger partial charge in [0.15, 0.2) is 6.61 Å². The van der Waals surface area contributed by atoms with Crippen LogP contribution < -0.4 is 4.74 Å². The van der Waals surface area contributed by atoms with Crippen molar-refractivity contribution in [3.05, 3.63) is 28.2 Å². The van der Waals surface area contributed by atoms with Gasteiger partial charge in [-0.05, 0) is 50.9 Å². The summed E-state index contributed by atoms with van der Waals surface area (Å²) in [5, 5.41) is 0.912. The minimum absolute atomic E-state index is 0. The van der Waals surface area contributed by atoms with Crippen molar-refractivity contribution in [3.63, 3.8) is 0 Å². The number of carbonyl (C=O) groups is 1. The van der Waals surface area contributed by atoms with Crippen LogP contribution in [0.25, 0.3) is 0 Å². The second kappa shape index (κ2) is 10.0. The number of ether oxygens (including phenoxy) is 1. The zero-order valence-electron chi connectivity index (χ0n) is 15.1. The number of benzene rings is 1. The lowest BCUT2D eigenvalue weighted by molar-refractivity contribution is -0.136. The number of rotatable bonds is 5. The number of carbonyl (C=O) groups excluding carboxylic acids is 1. The summed E-state index contributed by atoms with van der Waals surface area (Å²) in [6, 6.07) is 5.84. The van der Waals surface area contributed by atoms with Gasteiger partial charge in [-0.1, -0.05) is 36.0 Å². The van der Waals surface area contributed by atoms with E-state index >= 15 is 0 Å². The zero-order chi connectivity index (χ0) is 17.8. The van der Waals surface area contributed by atoms with Crippen LogP contribution in [0, 0.1) is 0 Å². The Morgan fingerprint density at radius 2 is 1.85 bits per heavy atom. The highest BCUT2D eigenvalue weighted by Crippen LogP contribution is 2.29. The predicted molar refractivity (Wildman–Crippen MR) is 109 cm³/mol. The largest absolute Gasteiger partial charge is 0.484 e. The molecular weight excluding hydrogens is 395 g/mol. The first kappa shape index (κ1) is 21.6. The lowest BCUT2D eigenvalue weighted by Gasteiger charge is -2.42. The maximum absolute atomic E-state index is 12.7. The van der Waals surface area contributed by atoms with Crippen LogP contribution in [0.2, 0.25) is 10.0 Å². The van der Waals surface area contributed by atoms with Gasteiger partial charge in [0.2, 0.25) is 0 Å². The minimum atomic E-state index is 0. The fourth-order valence-corrected chi connectivity index (χ4v) is 4.33. The van der Waals surface area contributed by atoms with Crippen LogP contribution in [-0.4, -0.2) is 54.5 Å². The van der Waals surface area contributed by atoms with Gasteiger partial charge in [0.1, 0.15) is 5.75 Å². The number of hydrogen-bond donors (Lipinski definition) is 0.